The molecule has 1 aliphatic rings. The van der Waals surface area contributed by atoms with Crippen LogP contribution < -0.4 is 9.64 Å². The van der Waals surface area contributed by atoms with Crippen LogP contribution >= 0.6 is 23.2 Å². The predicted octanol–water partition coefficient (Wildman–Crippen LogP) is 9.43. The molecule has 0 spiro atoms. The molecule has 0 aliphatic carbocycles. The number of halogens is 5. The molecule has 0 radical (unpaired) electrons. The Kier molecular flexibility index (Phi) is 12.2. The molecule has 212 valence electrons. The number of amides is 1. The zero-order valence-corrected chi connectivity index (χ0v) is 24.2. The number of methoxy groups -OCH3 is 1. The van der Waals surface area contributed by atoms with Crippen LogP contribution in [0.3, 0.4) is 0 Å². The summed E-state index contributed by atoms with van der Waals surface area (Å²) in [6.07, 6.45) is -0.805. The Morgan fingerprint density at radius 2 is 1.63 bits per heavy atom. The van der Waals surface area contributed by atoms with Crippen molar-refractivity contribution in [3.05, 3.63) is 58.1 Å². The van der Waals surface area contributed by atoms with E-state index in [1.54, 1.807) is 30.2 Å². The fourth-order valence-corrected chi connectivity index (χ4v) is 5.39. The van der Waals surface area contributed by atoms with Gasteiger partial charge in [-0.15, -0.1) is 0 Å². The molecule has 2 aromatic rings. The molecule has 0 bridgehead atoms. The minimum Gasteiger partial charge on any atom is -0.481 e. The third kappa shape index (κ3) is 8.27. The van der Waals surface area contributed by atoms with E-state index < -0.39 is 12.3 Å². The first kappa shape index (κ1) is 32.3. The van der Waals surface area contributed by atoms with E-state index in [1.165, 1.54) is 12.1 Å². The average molecular weight is 577 g/mol. The molecule has 38 heavy (non-hydrogen) atoms. The molecule has 9 heteroatoms. The Morgan fingerprint density at radius 3 is 2.11 bits per heavy atom. The quantitative estimate of drug-likeness (QED) is 0.283. The number of nitrogens with zero attached hydrogens (tertiary/aromatic N) is 1. The third-order valence-corrected chi connectivity index (χ3v) is 7.42. The molecule has 1 heterocycles. The second kappa shape index (κ2) is 14.4. The van der Waals surface area contributed by atoms with Gasteiger partial charge < -0.3 is 14.4 Å². The summed E-state index contributed by atoms with van der Waals surface area (Å²) in [7, 11) is 1.68. The molecule has 1 amide bonds. The topological polar surface area (TPSA) is 38.8 Å². The largest absolute Gasteiger partial charge is 0.481 e. The standard InChI is InChI=1S/C19H26F3NO2.C10H12Cl2O/c1-4-10-18(11-5-2)12-13-23(17(18)24)15-6-8-16(9-7-15)25-14(3)19(20,21)22;1-3-10(13-2)8-5-4-7(11)6-9(8)12/h6-9,14H,4-5,10-13H2,1-3H3;4-6,10H,3H2,1-2H3/t14-;/m0./s1. The number of benzene rings is 2. The second-order valence-corrected chi connectivity index (χ2v) is 10.4. The van der Waals surface area contributed by atoms with Gasteiger partial charge in [0.05, 0.1) is 11.5 Å². The summed E-state index contributed by atoms with van der Waals surface area (Å²) in [5, 5.41) is 1.32. The van der Waals surface area contributed by atoms with E-state index in [1.807, 2.05) is 12.1 Å². The molecule has 0 aromatic heterocycles. The number of ether oxygens (including phenoxy) is 2. The van der Waals surface area contributed by atoms with Crippen molar-refractivity contribution in [3.8, 4) is 5.75 Å². The lowest BCUT2D eigenvalue weighted by molar-refractivity contribution is -0.189. The highest BCUT2D eigenvalue weighted by molar-refractivity contribution is 6.35. The van der Waals surface area contributed by atoms with Gasteiger partial charge in [-0.05, 0) is 74.6 Å². The number of carbonyl (C=O) groups is 1. The maximum absolute atomic E-state index is 12.9. The third-order valence-electron chi connectivity index (χ3n) is 6.86. The van der Waals surface area contributed by atoms with Gasteiger partial charge in [0.2, 0.25) is 5.91 Å². The Morgan fingerprint density at radius 1 is 1.03 bits per heavy atom. The monoisotopic (exact) mass is 575 g/mol. The molecule has 1 saturated heterocycles. The fraction of sp³-hybridized carbons (Fsp3) is 0.552. The Hall–Kier alpha value is -1.96. The first-order chi connectivity index (χ1) is 17.9. The highest BCUT2D eigenvalue weighted by atomic mass is 35.5. The normalized spacial score (nSPS) is 16.6. The minimum absolute atomic E-state index is 0.0600. The molecule has 1 fully saturated rings. The average Bonchev–Trinajstić information content (AvgIpc) is 3.17. The summed E-state index contributed by atoms with van der Waals surface area (Å²) >= 11 is 11.8. The maximum atomic E-state index is 12.9. The number of rotatable bonds is 10. The van der Waals surface area contributed by atoms with Crippen molar-refractivity contribution in [2.45, 2.75) is 84.6 Å². The van der Waals surface area contributed by atoms with Gasteiger partial charge in [0.1, 0.15) is 5.75 Å². The summed E-state index contributed by atoms with van der Waals surface area (Å²) in [6.45, 7) is 7.85. The lowest BCUT2D eigenvalue weighted by atomic mass is 9.78. The van der Waals surface area contributed by atoms with Crippen molar-refractivity contribution in [2.24, 2.45) is 5.41 Å². The van der Waals surface area contributed by atoms with E-state index in [0.717, 1.165) is 51.0 Å². The van der Waals surface area contributed by atoms with E-state index in [2.05, 4.69) is 20.8 Å². The van der Waals surface area contributed by atoms with Gasteiger partial charge in [-0.3, -0.25) is 4.79 Å². The lowest BCUT2D eigenvalue weighted by Gasteiger charge is -2.27. The van der Waals surface area contributed by atoms with Crippen LogP contribution in [-0.2, 0) is 9.53 Å². The fourth-order valence-electron chi connectivity index (χ4n) is 4.86. The summed E-state index contributed by atoms with van der Waals surface area (Å²) in [4.78, 5) is 14.7. The summed E-state index contributed by atoms with van der Waals surface area (Å²) in [5.74, 6) is 0.280. The van der Waals surface area contributed by atoms with Gasteiger partial charge in [0.25, 0.3) is 0 Å². The van der Waals surface area contributed by atoms with E-state index in [9.17, 15) is 18.0 Å². The number of carbonyl (C=O) groups excluding carboxylic acids is 1. The van der Waals surface area contributed by atoms with Crippen molar-refractivity contribution < 1.29 is 27.4 Å². The molecular formula is C29H38Cl2F3NO3. The minimum atomic E-state index is -4.40. The Labute approximate surface area is 234 Å². The van der Waals surface area contributed by atoms with Crippen LogP contribution in [0.1, 0.15) is 77.9 Å². The van der Waals surface area contributed by atoms with Crippen LogP contribution in [-0.4, -0.2) is 31.8 Å². The number of alkyl halides is 3. The van der Waals surface area contributed by atoms with Crippen LogP contribution in [0.25, 0.3) is 0 Å². The van der Waals surface area contributed by atoms with Gasteiger partial charge in [0, 0.05) is 29.4 Å². The van der Waals surface area contributed by atoms with Gasteiger partial charge >= 0.3 is 6.18 Å². The highest BCUT2D eigenvalue weighted by Gasteiger charge is 2.45. The zero-order valence-electron chi connectivity index (χ0n) is 22.7. The van der Waals surface area contributed by atoms with Crippen LogP contribution in [0.4, 0.5) is 18.9 Å². The molecule has 3 rings (SSSR count). The van der Waals surface area contributed by atoms with Crippen molar-refractivity contribution in [3.63, 3.8) is 0 Å². The molecule has 0 N–H and O–H groups in total. The van der Waals surface area contributed by atoms with Crippen LogP contribution in [0.15, 0.2) is 42.5 Å². The van der Waals surface area contributed by atoms with Gasteiger partial charge in [-0.1, -0.05) is 62.9 Å². The zero-order chi connectivity index (χ0) is 28.5. The second-order valence-electron chi connectivity index (χ2n) is 9.58. The van der Waals surface area contributed by atoms with Crippen molar-refractivity contribution in [1.82, 2.24) is 0 Å². The molecule has 4 nitrogen and oxygen atoms in total. The number of hydrogen-bond donors (Lipinski definition) is 0. The Bertz CT molecular complexity index is 1020. The van der Waals surface area contributed by atoms with Crippen molar-refractivity contribution in [2.75, 3.05) is 18.6 Å². The van der Waals surface area contributed by atoms with Gasteiger partial charge in [-0.25, -0.2) is 0 Å². The molecular weight excluding hydrogens is 538 g/mol. The van der Waals surface area contributed by atoms with Crippen molar-refractivity contribution >= 4 is 34.8 Å². The highest BCUT2D eigenvalue weighted by Crippen LogP contribution is 2.42. The smallest absolute Gasteiger partial charge is 0.425 e. The maximum Gasteiger partial charge on any atom is 0.425 e. The number of hydrogen-bond acceptors (Lipinski definition) is 3. The van der Waals surface area contributed by atoms with E-state index in [0.29, 0.717) is 22.3 Å². The summed E-state index contributed by atoms with van der Waals surface area (Å²) < 4.78 is 47.9. The predicted molar refractivity (Wildman–Crippen MR) is 148 cm³/mol. The van der Waals surface area contributed by atoms with E-state index in [4.69, 9.17) is 32.7 Å². The first-order valence-corrected chi connectivity index (χ1v) is 13.8. The SMILES string of the molecule is CCC(OC)c1ccc(Cl)cc1Cl.CCCC1(CCC)CCN(c2ccc(O[C@@H](C)C(F)(F)F)cc2)C1=O. The van der Waals surface area contributed by atoms with E-state index >= 15 is 0 Å². The molecule has 2 atom stereocenters. The van der Waals surface area contributed by atoms with Crippen LogP contribution in [0.2, 0.25) is 10.0 Å². The van der Waals surface area contributed by atoms with Gasteiger partial charge in [-0.2, -0.15) is 13.2 Å². The molecule has 1 unspecified atom stereocenters. The molecule has 2 aromatic carbocycles. The Balaban J connectivity index is 0.000000328. The summed E-state index contributed by atoms with van der Waals surface area (Å²) in [5.41, 5.74) is 1.42. The van der Waals surface area contributed by atoms with Crippen LogP contribution in [0.5, 0.6) is 5.75 Å². The summed E-state index contributed by atoms with van der Waals surface area (Å²) in [6, 6.07) is 11.8. The lowest BCUT2D eigenvalue weighted by Crippen LogP contribution is -2.34. The first-order valence-electron chi connectivity index (χ1n) is 13.1. The molecule has 1 aliphatic heterocycles. The van der Waals surface area contributed by atoms with E-state index in [-0.39, 0.29) is 23.2 Å². The molecule has 0 saturated carbocycles. The van der Waals surface area contributed by atoms with Crippen molar-refractivity contribution in [1.29, 1.82) is 0 Å². The van der Waals surface area contributed by atoms with Gasteiger partial charge in [0.15, 0.2) is 6.10 Å². The number of anilines is 1. The van der Waals surface area contributed by atoms with Crippen LogP contribution in [0, 0.1) is 5.41 Å².